The van der Waals surface area contributed by atoms with E-state index in [1.165, 1.54) is 21.0 Å². The molecule has 0 spiro atoms. The predicted molar refractivity (Wildman–Crippen MR) is 108 cm³/mol. The first kappa shape index (κ1) is 17.7. The first-order chi connectivity index (χ1) is 13.0. The average Bonchev–Trinajstić information content (AvgIpc) is 3.35. The molecule has 0 saturated carbocycles. The van der Waals surface area contributed by atoms with Crippen molar-refractivity contribution in [1.29, 1.82) is 0 Å². The van der Waals surface area contributed by atoms with Crippen LogP contribution in [0, 0.1) is 0 Å². The quantitative estimate of drug-likeness (QED) is 0.599. The molecule has 7 nitrogen and oxygen atoms in total. The van der Waals surface area contributed by atoms with Gasteiger partial charge in [0.1, 0.15) is 11.2 Å². The number of ether oxygens (including phenoxy) is 1. The van der Waals surface area contributed by atoms with E-state index in [0.29, 0.717) is 6.61 Å². The van der Waals surface area contributed by atoms with E-state index in [-0.39, 0.29) is 11.8 Å². The Hall–Kier alpha value is -1.39. The van der Waals surface area contributed by atoms with Gasteiger partial charge in [-0.25, -0.2) is 9.99 Å². The van der Waals surface area contributed by atoms with E-state index in [4.69, 9.17) is 4.74 Å². The number of fused-ring (bicyclic) bond motifs is 8. The summed E-state index contributed by atoms with van der Waals surface area (Å²) in [6.07, 6.45) is 2.05. The lowest BCUT2D eigenvalue weighted by Crippen LogP contribution is -2.40. The minimum Gasteiger partial charge on any atom is -0.369 e. The van der Waals surface area contributed by atoms with Gasteiger partial charge in [0.25, 0.3) is 0 Å². The number of hydrogen-bond acceptors (Lipinski definition) is 8. The summed E-state index contributed by atoms with van der Waals surface area (Å²) < 4.78 is 8.41. The monoisotopic (exact) mass is 404 g/mol. The standard InChI is InChI=1S/C18H24N6OS2/c1-5-18(4)6-11-12(7-25-18)27-15-13(11)14-19-9-20-24(14)16-21-22-17(23(15)16)26-8-10(2)3/h14,19-20H,2,5-9H2,1,3-4H3/t14?,18-/m1/s1. The lowest BCUT2D eigenvalue weighted by atomic mass is 9.88. The van der Waals surface area contributed by atoms with Gasteiger partial charge in [-0.15, -0.1) is 21.5 Å². The Balaban J connectivity index is 1.65. The van der Waals surface area contributed by atoms with Crippen molar-refractivity contribution in [3.05, 3.63) is 28.2 Å². The third-order valence-electron chi connectivity index (χ3n) is 5.52. The normalized spacial score (nSPS) is 25.7. The van der Waals surface area contributed by atoms with E-state index >= 15 is 0 Å². The Bertz CT molecular complexity index is 921. The van der Waals surface area contributed by atoms with E-state index < -0.39 is 0 Å². The molecule has 1 saturated heterocycles. The molecular formula is C18H24N6OS2. The molecule has 2 aromatic heterocycles. The van der Waals surface area contributed by atoms with Gasteiger partial charge in [0, 0.05) is 22.6 Å². The maximum absolute atomic E-state index is 6.21. The number of hydrazine groups is 1. The van der Waals surface area contributed by atoms with Crippen molar-refractivity contribution in [2.75, 3.05) is 17.4 Å². The minimum atomic E-state index is -0.0935. The molecule has 0 aromatic carbocycles. The summed E-state index contributed by atoms with van der Waals surface area (Å²) in [5, 5.41) is 16.8. The molecule has 9 heteroatoms. The lowest BCUT2D eigenvalue weighted by molar-refractivity contribution is -0.0549. The van der Waals surface area contributed by atoms with Crippen molar-refractivity contribution in [1.82, 2.24) is 25.5 Å². The third-order valence-corrected chi connectivity index (χ3v) is 7.89. The SMILES string of the molecule is C=C(C)CSc1nnc2n1-c1sc3c(c1C1NCNN21)C[C@@](C)(CC)OC3. The van der Waals surface area contributed by atoms with Crippen molar-refractivity contribution in [3.8, 4) is 5.00 Å². The largest absolute Gasteiger partial charge is 0.369 e. The van der Waals surface area contributed by atoms with Gasteiger partial charge in [-0.1, -0.05) is 30.8 Å². The van der Waals surface area contributed by atoms with Crippen molar-refractivity contribution >= 4 is 29.0 Å². The summed E-state index contributed by atoms with van der Waals surface area (Å²) >= 11 is 3.51. The predicted octanol–water partition coefficient (Wildman–Crippen LogP) is 3.12. The number of anilines is 1. The van der Waals surface area contributed by atoms with Crippen LogP contribution in [0.15, 0.2) is 17.3 Å². The summed E-state index contributed by atoms with van der Waals surface area (Å²) in [4.78, 5) is 1.33. The molecule has 0 radical (unpaired) electrons. The van der Waals surface area contributed by atoms with Crippen LogP contribution < -0.4 is 15.8 Å². The van der Waals surface area contributed by atoms with E-state index in [2.05, 4.69) is 50.9 Å². The topological polar surface area (TPSA) is 67.2 Å². The third kappa shape index (κ3) is 2.67. The van der Waals surface area contributed by atoms with Gasteiger partial charge in [0.15, 0.2) is 5.16 Å². The summed E-state index contributed by atoms with van der Waals surface area (Å²) in [6, 6.07) is 0. The summed E-state index contributed by atoms with van der Waals surface area (Å²) in [6.45, 7) is 11.9. The number of thioether (sulfide) groups is 1. The Morgan fingerprint density at radius 2 is 2.33 bits per heavy atom. The molecule has 2 atom stereocenters. The van der Waals surface area contributed by atoms with Crippen molar-refractivity contribution in [2.45, 2.75) is 57.1 Å². The highest BCUT2D eigenvalue weighted by Crippen LogP contribution is 2.49. The molecule has 5 heterocycles. The molecule has 27 heavy (non-hydrogen) atoms. The molecule has 2 N–H and O–H groups in total. The van der Waals surface area contributed by atoms with E-state index in [9.17, 15) is 0 Å². The van der Waals surface area contributed by atoms with Crippen LogP contribution >= 0.6 is 23.1 Å². The Morgan fingerprint density at radius 1 is 1.48 bits per heavy atom. The van der Waals surface area contributed by atoms with Gasteiger partial charge >= 0.3 is 0 Å². The van der Waals surface area contributed by atoms with Crippen LogP contribution in [0.1, 0.15) is 49.4 Å². The van der Waals surface area contributed by atoms with Crippen molar-refractivity contribution in [3.63, 3.8) is 0 Å². The summed E-state index contributed by atoms with van der Waals surface area (Å²) in [7, 11) is 0. The molecule has 3 aliphatic rings. The Labute approximate surface area is 167 Å². The van der Waals surface area contributed by atoms with Crippen molar-refractivity contribution < 1.29 is 4.74 Å². The average molecular weight is 405 g/mol. The molecule has 0 bridgehead atoms. The number of nitrogens with one attached hydrogen (secondary N) is 2. The number of aromatic nitrogens is 3. The summed E-state index contributed by atoms with van der Waals surface area (Å²) in [5.74, 6) is 1.68. The van der Waals surface area contributed by atoms with Crippen LogP contribution in [0.5, 0.6) is 0 Å². The first-order valence-corrected chi connectivity index (χ1v) is 11.1. The van der Waals surface area contributed by atoms with Crippen molar-refractivity contribution in [2.24, 2.45) is 0 Å². The highest BCUT2D eigenvalue weighted by atomic mass is 32.2. The molecule has 2 aromatic rings. The zero-order valence-corrected chi connectivity index (χ0v) is 17.5. The van der Waals surface area contributed by atoms with Crippen LogP contribution in [0.3, 0.4) is 0 Å². The van der Waals surface area contributed by atoms with Gasteiger partial charge < -0.3 is 4.74 Å². The smallest absolute Gasteiger partial charge is 0.249 e. The lowest BCUT2D eigenvalue weighted by Gasteiger charge is -2.35. The van der Waals surface area contributed by atoms with Gasteiger partial charge in [-0.3, -0.25) is 10.3 Å². The number of rotatable bonds is 4. The van der Waals surface area contributed by atoms with Crippen LogP contribution in [0.25, 0.3) is 5.00 Å². The van der Waals surface area contributed by atoms with E-state index in [1.54, 1.807) is 11.8 Å². The molecule has 0 amide bonds. The maximum Gasteiger partial charge on any atom is 0.249 e. The van der Waals surface area contributed by atoms with Gasteiger partial charge in [-0.05, 0) is 25.8 Å². The first-order valence-electron chi connectivity index (χ1n) is 9.28. The van der Waals surface area contributed by atoms with Gasteiger partial charge in [-0.2, -0.15) is 0 Å². The summed E-state index contributed by atoms with van der Waals surface area (Å²) in [5.41, 5.74) is 7.24. The molecule has 1 fully saturated rings. The highest BCUT2D eigenvalue weighted by Gasteiger charge is 2.44. The number of hydrogen-bond donors (Lipinski definition) is 2. The number of thiophene rings is 1. The zero-order valence-electron chi connectivity index (χ0n) is 15.8. The van der Waals surface area contributed by atoms with Crippen LogP contribution in [0.4, 0.5) is 5.95 Å². The highest BCUT2D eigenvalue weighted by molar-refractivity contribution is 7.99. The van der Waals surface area contributed by atoms with E-state index in [1.807, 2.05) is 18.3 Å². The van der Waals surface area contributed by atoms with Crippen LogP contribution in [-0.4, -0.2) is 32.8 Å². The van der Waals surface area contributed by atoms with Crippen LogP contribution in [0.2, 0.25) is 0 Å². The molecular weight excluding hydrogens is 380 g/mol. The van der Waals surface area contributed by atoms with E-state index in [0.717, 1.165) is 41.9 Å². The second-order valence-electron chi connectivity index (χ2n) is 7.67. The second kappa shape index (κ2) is 6.31. The Morgan fingerprint density at radius 3 is 3.11 bits per heavy atom. The molecule has 5 rings (SSSR count). The Kier molecular flexibility index (Phi) is 4.14. The second-order valence-corrected chi connectivity index (χ2v) is 9.69. The van der Waals surface area contributed by atoms with Gasteiger partial charge in [0.2, 0.25) is 5.95 Å². The molecule has 144 valence electrons. The van der Waals surface area contributed by atoms with Gasteiger partial charge in [0.05, 0.1) is 18.9 Å². The molecule has 0 aliphatic carbocycles. The molecule has 3 aliphatic heterocycles. The fourth-order valence-electron chi connectivity index (χ4n) is 3.87. The fraction of sp³-hybridized carbons (Fsp3) is 0.556. The molecule has 1 unspecified atom stereocenters. The fourth-order valence-corrected chi connectivity index (χ4v) is 5.96. The zero-order chi connectivity index (χ0) is 18.8. The minimum absolute atomic E-state index is 0.0925. The maximum atomic E-state index is 6.21. The van der Waals surface area contributed by atoms with Crippen LogP contribution in [-0.2, 0) is 17.8 Å². The number of nitrogens with zero attached hydrogens (tertiary/aromatic N) is 4.